The quantitative estimate of drug-likeness (QED) is 0.0117. The molecule has 90 heavy (non-hydrogen) atoms. The van der Waals surface area contributed by atoms with E-state index in [0.717, 1.165) is 6.92 Å². The summed E-state index contributed by atoms with van der Waals surface area (Å²) in [5.41, 5.74) is 22.0. The largest absolute Gasteiger partial charge is 0.480 e. The van der Waals surface area contributed by atoms with Crippen LogP contribution in [0.4, 0.5) is 0 Å². The van der Waals surface area contributed by atoms with Crippen LogP contribution in [0.2, 0.25) is 0 Å². The summed E-state index contributed by atoms with van der Waals surface area (Å²) < 4.78 is 0. The second-order valence-corrected chi connectivity index (χ2v) is 23.0. The number of aliphatic hydroxyl groups is 3. The number of hydrogen-bond donors (Lipinski definition) is 21. The zero-order valence-electron chi connectivity index (χ0n) is 52.6. The SMILES string of the molecule is CC[C@H](C)[C@H](NC(=O)[C@@H](NC(=O)[C@H](CS)NC(=O)[C@H](CO)NC(=O)[C@H](CC(C)C)NC(=O)[C@H](CCCN=C(N)N)NC(=O)[C@H](CC(C)C)NC(=O)[C@H](CO)NC(=O)CNC(=O)CNC(=O)[C@H](C)NC(=O)[C@H](CCC(N)=O)NC(=O)[C@@H](N)C(C)C)[C@@H](C)O)C(=O)O. The van der Waals surface area contributed by atoms with Crippen LogP contribution in [0, 0.1) is 23.7 Å². The summed E-state index contributed by atoms with van der Waals surface area (Å²) in [5, 5.41) is 68.6. The summed E-state index contributed by atoms with van der Waals surface area (Å²) in [5.74, 6) is -15.8. The van der Waals surface area contributed by atoms with Gasteiger partial charge in [-0.25, -0.2) is 4.79 Å². The number of aliphatic imine (C=N–C) groups is 1. The molecule has 0 fully saturated rings. The van der Waals surface area contributed by atoms with Crippen molar-refractivity contribution in [3.63, 3.8) is 0 Å². The van der Waals surface area contributed by atoms with Crippen LogP contribution in [-0.4, -0.2) is 220 Å². The van der Waals surface area contributed by atoms with E-state index in [-0.39, 0.29) is 68.8 Å². The Bertz CT molecular complexity index is 2490. The molecule has 512 valence electrons. The Morgan fingerprint density at radius 2 is 0.911 bits per heavy atom. The summed E-state index contributed by atoms with van der Waals surface area (Å²) in [6.45, 7) is 12.2. The van der Waals surface area contributed by atoms with Gasteiger partial charge in [0.1, 0.15) is 60.4 Å². The van der Waals surface area contributed by atoms with Gasteiger partial charge in [0.2, 0.25) is 76.8 Å². The van der Waals surface area contributed by atoms with E-state index in [4.69, 9.17) is 22.9 Å². The van der Waals surface area contributed by atoms with Crippen molar-refractivity contribution < 1.29 is 87.5 Å². The normalized spacial score (nSPS) is 15.5. The van der Waals surface area contributed by atoms with Gasteiger partial charge < -0.3 is 107 Å². The van der Waals surface area contributed by atoms with Crippen molar-refractivity contribution in [3.05, 3.63) is 0 Å². The molecule has 0 radical (unpaired) electrons. The van der Waals surface area contributed by atoms with E-state index in [1.165, 1.54) is 6.92 Å². The minimum Gasteiger partial charge on any atom is -0.480 e. The first kappa shape index (κ1) is 82.0. The fourth-order valence-electron chi connectivity index (χ4n) is 8.02. The number of nitrogens with two attached hydrogens (primary N) is 4. The molecule has 13 amide bonds. The number of carbonyl (C=O) groups is 14. The number of nitrogens with one attached hydrogen (secondary N) is 12. The molecule has 35 nitrogen and oxygen atoms in total. The second kappa shape index (κ2) is 42.1. The second-order valence-electron chi connectivity index (χ2n) is 22.7. The Hall–Kier alpha value is -7.96. The van der Waals surface area contributed by atoms with Gasteiger partial charge in [0, 0.05) is 18.7 Å². The van der Waals surface area contributed by atoms with Gasteiger partial charge in [-0.15, -0.1) is 0 Å². The molecule has 0 aliphatic heterocycles. The molecule has 0 saturated heterocycles. The number of guanidine groups is 1. The van der Waals surface area contributed by atoms with Gasteiger partial charge in [0.15, 0.2) is 5.96 Å². The predicted octanol–water partition coefficient (Wildman–Crippen LogP) is -8.09. The van der Waals surface area contributed by atoms with Crippen LogP contribution in [0.1, 0.15) is 114 Å². The molecule has 0 aromatic rings. The third-order valence-electron chi connectivity index (χ3n) is 13.5. The number of rotatable bonds is 43. The molecular weight excluding hydrogens is 1210 g/mol. The number of thiol groups is 1. The third-order valence-corrected chi connectivity index (χ3v) is 13.9. The van der Waals surface area contributed by atoms with Gasteiger partial charge in [0.25, 0.3) is 0 Å². The number of primary amides is 1. The lowest BCUT2D eigenvalue weighted by molar-refractivity contribution is -0.144. The zero-order valence-corrected chi connectivity index (χ0v) is 53.5. The lowest BCUT2D eigenvalue weighted by atomic mass is 9.98. The number of aliphatic hydroxyl groups excluding tert-OH is 3. The van der Waals surface area contributed by atoms with Gasteiger partial charge in [-0.3, -0.25) is 67.3 Å². The Kier molecular flexibility index (Phi) is 38.4. The number of hydrogen-bond acceptors (Lipinski definition) is 20. The number of carboxylic acid groups (broad SMARTS) is 1. The van der Waals surface area contributed by atoms with Gasteiger partial charge in [0.05, 0.1) is 38.4 Å². The van der Waals surface area contributed by atoms with Crippen LogP contribution < -0.4 is 86.7 Å². The molecule has 0 aromatic carbocycles. The molecule has 0 unspecified atom stereocenters. The molecule has 0 bridgehead atoms. The molecule has 0 spiro atoms. The Morgan fingerprint density at radius 3 is 1.37 bits per heavy atom. The lowest BCUT2D eigenvalue weighted by Crippen LogP contribution is -2.62. The van der Waals surface area contributed by atoms with Gasteiger partial charge in [-0.1, -0.05) is 61.8 Å². The maximum atomic E-state index is 14.2. The molecule has 0 saturated carbocycles. The highest BCUT2D eigenvalue weighted by Crippen LogP contribution is 2.13. The maximum absolute atomic E-state index is 14.2. The molecule has 36 heteroatoms. The lowest BCUT2D eigenvalue weighted by Gasteiger charge is -2.28. The summed E-state index contributed by atoms with van der Waals surface area (Å²) in [6, 6.07) is -16.1. The standard InChI is InChI=1S/C54H97N17O18S/c1-11-27(8)41(53(88)89)70-52(87)42(29(10)74)71-50(85)36(23-90)69-49(84)35(22-73)68-47(82)33(18-25(4)5)66-45(80)30(13-12-16-59-54(57)58)64-46(81)32(17-24(2)3)67-48(83)34(21-72)63-39(77)20-60-38(76)19-61-43(78)28(9)62-44(79)31(14-15-37(55)75)65-51(86)40(56)26(6)7/h24-36,40-42,72-74,90H,11-23,56H2,1-10H3,(H2,55,75)(H,60,76)(H,61,78)(H,62,79)(H,63,77)(H,64,81)(H,65,86)(H,66,80)(H,67,83)(H,68,82)(H,69,84)(H,70,87)(H,71,85)(H,88,89)(H4,57,58,59)/t27-,28-,29+,30-,31-,32-,33-,34-,35-,36-,40-,41-,42-/m0/s1. The summed E-state index contributed by atoms with van der Waals surface area (Å²) in [7, 11) is 0. The summed E-state index contributed by atoms with van der Waals surface area (Å²) >= 11 is 4.11. The Balaban J connectivity index is 6.20. The molecule has 24 N–H and O–H groups in total. The van der Waals surface area contributed by atoms with E-state index in [2.05, 4.69) is 81.4 Å². The van der Waals surface area contributed by atoms with Crippen molar-refractivity contribution >= 4 is 101 Å². The smallest absolute Gasteiger partial charge is 0.326 e. The van der Waals surface area contributed by atoms with Crippen molar-refractivity contribution in [1.82, 2.24) is 63.8 Å². The first-order valence-electron chi connectivity index (χ1n) is 29.3. The predicted molar refractivity (Wildman–Crippen MR) is 328 cm³/mol. The van der Waals surface area contributed by atoms with Crippen LogP contribution in [0.15, 0.2) is 4.99 Å². The van der Waals surface area contributed by atoms with Gasteiger partial charge in [-0.05, 0) is 69.6 Å². The number of carboxylic acids is 1. The van der Waals surface area contributed by atoms with E-state index in [1.54, 1.807) is 55.4 Å². The molecule has 13 atom stereocenters. The topological polar surface area (TPSA) is 581 Å². The van der Waals surface area contributed by atoms with Crippen LogP contribution in [0.25, 0.3) is 0 Å². The number of amides is 13. The molecule has 0 heterocycles. The van der Waals surface area contributed by atoms with Crippen molar-refractivity contribution in [2.24, 2.45) is 51.6 Å². The third kappa shape index (κ3) is 31.5. The zero-order chi connectivity index (χ0) is 69.3. The van der Waals surface area contributed by atoms with E-state index >= 15 is 0 Å². The van der Waals surface area contributed by atoms with Crippen molar-refractivity contribution in [2.45, 2.75) is 187 Å². The van der Waals surface area contributed by atoms with Crippen LogP contribution >= 0.6 is 12.6 Å². The monoisotopic (exact) mass is 1300 g/mol. The van der Waals surface area contributed by atoms with Crippen LogP contribution in [0.5, 0.6) is 0 Å². The molecule has 0 aliphatic rings. The fourth-order valence-corrected chi connectivity index (χ4v) is 8.28. The minimum absolute atomic E-state index is 0.0365. The average molecular weight is 1300 g/mol. The highest BCUT2D eigenvalue weighted by molar-refractivity contribution is 7.80. The van der Waals surface area contributed by atoms with E-state index in [9.17, 15) is 87.5 Å². The fraction of sp³-hybridized carbons (Fsp3) is 0.722. The van der Waals surface area contributed by atoms with Crippen molar-refractivity contribution in [2.75, 3.05) is 38.6 Å². The van der Waals surface area contributed by atoms with Gasteiger partial charge >= 0.3 is 5.97 Å². The Morgan fingerprint density at radius 1 is 0.489 bits per heavy atom. The van der Waals surface area contributed by atoms with E-state index in [0.29, 0.717) is 6.42 Å². The number of nitrogens with zero attached hydrogens (tertiary/aromatic N) is 1. The highest BCUT2D eigenvalue weighted by Gasteiger charge is 2.37. The van der Waals surface area contributed by atoms with Crippen molar-refractivity contribution in [3.8, 4) is 0 Å². The Labute approximate surface area is 528 Å². The van der Waals surface area contributed by atoms with E-state index < -0.39 is 193 Å². The highest BCUT2D eigenvalue weighted by atomic mass is 32.1. The maximum Gasteiger partial charge on any atom is 0.326 e. The van der Waals surface area contributed by atoms with Crippen molar-refractivity contribution in [1.29, 1.82) is 0 Å². The minimum atomic E-state index is -1.77. The summed E-state index contributed by atoms with van der Waals surface area (Å²) in [4.78, 5) is 187. The number of carbonyl (C=O) groups excluding carboxylic acids is 13. The number of aliphatic carboxylic acids is 1. The summed E-state index contributed by atoms with van der Waals surface area (Å²) in [6.07, 6.45) is -1.97. The molecular formula is C54H97N17O18S. The molecule has 0 rings (SSSR count). The van der Waals surface area contributed by atoms with Crippen LogP contribution in [-0.2, 0) is 67.1 Å². The van der Waals surface area contributed by atoms with Gasteiger partial charge in [-0.2, -0.15) is 12.6 Å². The van der Waals surface area contributed by atoms with E-state index in [1.807, 2.05) is 0 Å². The molecule has 0 aliphatic carbocycles. The first-order valence-corrected chi connectivity index (χ1v) is 30.0. The average Bonchev–Trinajstić information content (AvgIpc) is 1.70. The first-order chi connectivity index (χ1) is 41.9. The molecule has 0 aromatic heterocycles. The van der Waals surface area contributed by atoms with Crippen LogP contribution in [0.3, 0.4) is 0 Å².